The Morgan fingerprint density at radius 1 is 1.21 bits per heavy atom. The molecule has 2 heterocycles. The zero-order valence-electron chi connectivity index (χ0n) is 16.0. The molecule has 2 aromatic rings. The van der Waals surface area contributed by atoms with Crippen LogP contribution in [-0.4, -0.2) is 66.8 Å². The quantitative estimate of drug-likeness (QED) is 0.661. The predicted molar refractivity (Wildman–Crippen MR) is 116 cm³/mol. The van der Waals surface area contributed by atoms with Gasteiger partial charge in [-0.1, -0.05) is 28.1 Å². The molecule has 1 aliphatic heterocycles. The number of benzene rings is 1. The Balaban J connectivity index is 1.40. The summed E-state index contributed by atoms with van der Waals surface area (Å²) in [5.41, 5.74) is 0.889. The second-order valence-electron chi connectivity index (χ2n) is 7.40. The fourth-order valence-corrected chi connectivity index (χ4v) is 6.04. The zero-order chi connectivity index (χ0) is 20.6. The highest BCUT2D eigenvalue weighted by molar-refractivity contribution is 9.10. The maximum Gasteiger partial charge on any atom is 0.261 e. The van der Waals surface area contributed by atoms with E-state index in [9.17, 15) is 13.2 Å². The minimum Gasteiger partial charge on any atom is -0.352 e. The van der Waals surface area contributed by atoms with Gasteiger partial charge in [-0.15, -0.1) is 11.3 Å². The SMILES string of the molecule is CC(C(=O)NC1CC1)N1CCN(S(=O)(=O)c2csc(-c3ccc(Br)cc3)n2)CC1. The molecule has 1 aromatic carbocycles. The van der Waals surface area contributed by atoms with E-state index >= 15 is 0 Å². The van der Waals surface area contributed by atoms with Gasteiger partial charge in [0.1, 0.15) is 5.01 Å². The minimum atomic E-state index is -3.64. The lowest BCUT2D eigenvalue weighted by molar-refractivity contribution is -0.126. The number of nitrogens with zero attached hydrogens (tertiary/aromatic N) is 3. The van der Waals surface area contributed by atoms with Crippen LogP contribution in [0.3, 0.4) is 0 Å². The maximum absolute atomic E-state index is 13.0. The first-order valence-electron chi connectivity index (χ1n) is 9.60. The lowest BCUT2D eigenvalue weighted by atomic mass is 10.2. The number of hydrogen-bond donors (Lipinski definition) is 1. The average molecular weight is 499 g/mol. The number of aromatic nitrogens is 1. The van der Waals surface area contributed by atoms with Crippen molar-refractivity contribution in [1.82, 2.24) is 19.5 Å². The normalized spacial score (nSPS) is 19.8. The number of nitrogens with one attached hydrogen (secondary N) is 1. The maximum atomic E-state index is 13.0. The van der Waals surface area contributed by atoms with Crippen molar-refractivity contribution in [3.05, 3.63) is 34.1 Å². The van der Waals surface area contributed by atoms with Crippen molar-refractivity contribution in [3.8, 4) is 10.6 Å². The van der Waals surface area contributed by atoms with E-state index in [1.54, 1.807) is 5.38 Å². The van der Waals surface area contributed by atoms with Crippen LogP contribution in [0, 0.1) is 0 Å². The van der Waals surface area contributed by atoms with E-state index in [-0.39, 0.29) is 17.0 Å². The number of carbonyl (C=O) groups excluding carboxylic acids is 1. The van der Waals surface area contributed by atoms with E-state index in [0.29, 0.717) is 37.2 Å². The summed E-state index contributed by atoms with van der Waals surface area (Å²) in [4.78, 5) is 18.7. The van der Waals surface area contributed by atoms with E-state index in [0.717, 1.165) is 22.9 Å². The summed E-state index contributed by atoms with van der Waals surface area (Å²) in [6.45, 7) is 3.65. The van der Waals surface area contributed by atoms with Crippen LogP contribution in [-0.2, 0) is 14.8 Å². The molecule has 156 valence electrons. The lowest BCUT2D eigenvalue weighted by Crippen LogP contribution is -2.55. The molecule has 1 unspecified atom stereocenters. The second-order valence-corrected chi connectivity index (χ2v) is 11.1. The van der Waals surface area contributed by atoms with Gasteiger partial charge in [0.15, 0.2) is 5.03 Å². The van der Waals surface area contributed by atoms with Gasteiger partial charge in [0.25, 0.3) is 10.0 Å². The van der Waals surface area contributed by atoms with Crippen LogP contribution in [0.2, 0.25) is 0 Å². The summed E-state index contributed by atoms with van der Waals surface area (Å²) < 4.78 is 28.5. The number of rotatable bonds is 6. The topological polar surface area (TPSA) is 82.6 Å². The molecule has 2 aliphatic rings. The molecular formula is C19H23BrN4O3S2. The first kappa shape index (κ1) is 20.9. The Kier molecular flexibility index (Phi) is 6.08. The first-order chi connectivity index (χ1) is 13.8. The van der Waals surface area contributed by atoms with Gasteiger partial charge < -0.3 is 5.32 Å². The van der Waals surface area contributed by atoms with Crippen LogP contribution < -0.4 is 5.32 Å². The van der Waals surface area contributed by atoms with E-state index in [4.69, 9.17) is 0 Å². The van der Waals surface area contributed by atoms with Crippen LogP contribution in [0.25, 0.3) is 10.6 Å². The van der Waals surface area contributed by atoms with Crippen molar-refractivity contribution in [2.45, 2.75) is 36.9 Å². The molecule has 10 heteroatoms. The van der Waals surface area contributed by atoms with Crippen LogP contribution in [0.15, 0.2) is 39.1 Å². The molecule has 1 saturated heterocycles. The van der Waals surface area contributed by atoms with E-state index in [2.05, 4.69) is 26.2 Å². The van der Waals surface area contributed by atoms with Crippen molar-refractivity contribution in [3.63, 3.8) is 0 Å². The standard InChI is InChI=1S/C19H23BrN4O3S2/c1-13(18(25)21-16-6-7-16)23-8-10-24(11-9-23)29(26,27)17-12-28-19(22-17)14-2-4-15(20)5-3-14/h2-5,12-13,16H,6-11H2,1H3,(H,21,25). The molecule has 1 atom stereocenters. The third-order valence-electron chi connectivity index (χ3n) is 5.30. The van der Waals surface area contributed by atoms with Gasteiger partial charge in [-0.05, 0) is 31.9 Å². The summed E-state index contributed by atoms with van der Waals surface area (Å²) in [6.07, 6.45) is 2.11. The molecule has 7 nitrogen and oxygen atoms in total. The monoisotopic (exact) mass is 498 g/mol. The highest BCUT2D eigenvalue weighted by Gasteiger charge is 2.34. The van der Waals surface area contributed by atoms with Crippen molar-refractivity contribution < 1.29 is 13.2 Å². The lowest BCUT2D eigenvalue weighted by Gasteiger charge is -2.36. The summed E-state index contributed by atoms with van der Waals surface area (Å²) in [5.74, 6) is 0.0300. The van der Waals surface area contributed by atoms with E-state index in [1.807, 2.05) is 36.1 Å². The summed E-state index contributed by atoms with van der Waals surface area (Å²) in [5, 5.41) is 5.39. The minimum absolute atomic E-state index is 0.0300. The molecule has 29 heavy (non-hydrogen) atoms. The van der Waals surface area contributed by atoms with Crippen molar-refractivity contribution in [2.75, 3.05) is 26.2 Å². The third-order valence-corrected chi connectivity index (χ3v) is 8.65. The summed E-state index contributed by atoms with van der Waals surface area (Å²) in [6, 6.07) is 7.72. The van der Waals surface area contributed by atoms with Crippen LogP contribution >= 0.6 is 27.3 Å². The summed E-state index contributed by atoms with van der Waals surface area (Å²) >= 11 is 4.72. The molecule has 2 fully saturated rings. The third kappa shape index (κ3) is 4.72. The summed E-state index contributed by atoms with van der Waals surface area (Å²) in [7, 11) is -3.64. The Hall–Kier alpha value is -1.33. The number of halogens is 1. The van der Waals surface area contributed by atoms with Gasteiger partial charge in [0.05, 0.1) is 6.04 Å². The second kappa shape index (κ2) is 8.43. The van der Waals surface area contributed by atoms with Crippen molar-refractivity contribution in [2.24, 2.45) is 0 Å². The number of thiazole rings is 1. The predicted octanol–water partition coefficient (Wildman–Crippen LogP) is 2.55. The zero-order valence-corrected chi connectivity index (χ0v) is 19.3. The molecule has 0 bridgehead atoms. The Labute approximate surface area is 183 Å². The van der Waals surface area contributed by atoms with Crippen LogP contribution in [0.4, 0.5) is 0 Å². The average Bonchev–Trinajstić information content (AvgIpc) is 3.39. The number of amides is 1. The fraction of sp³-hybridized carbons (Fsp3) is 0.474. The van der Waals surface area contributed by atoms with Crippen molar-refractivity contribution >= 4 is 43.2 Å². The molecule has 1 aromatic heterocycles. The van der Waals surface area contributed by atoms with Gasteiger partial charge in [-0.25, -0.2) is 13.4 Å². The number of piperazine rings is 1. The van der Waals surface area contributed by atoms with Crippen LogP contribution in [0.1, 0.15) is 19.8 Å². The van der Waals surface area contributed by atoms with Crippen LogP contribution in [0.5, 0.6) is 0 Å². The Bertz CT molecular complexity index is 981. The number of sulfonamides is 1. The van der Waals surface area contributed by atoms with Gasteiger partial charge in [-0.3, -0.25) is 9.69 Å². The Morgan fingerprint density at radius 3 is 2.48 bits per heavy atom. The fourth-order valence-electron chi connectivity index (χ4n) is 3.28. The molecule has 4 rings (SSSR count). The van der Waals surface area contributed by atoms with Crippen molar-refractivity contribution in [1.29, 1.82) is 0 Å². The largest absolute Gasteiger partial charge is 0.352 e. The van der Waals surface area contributed by atoms with E-state index in [1.165, 1.54) is 15.6 Å². The van der Waals surface area contributed by atoms with Gasteiger partial charge in [0, 0.05) is 47.6 Å². The molecular weight excluding hydrogens is 476 g/mol. The first-order valence-corrected chi connectivity index (χ1v) is 12.7. The molecule has 0 radical (unpaired) electrons. The van der Waals surface area contributed by atoms with Gasteiger partial charge >= 0.3 is 0 Å². The molecule has 1 amide bonds. The van der Waals surface area contributed by atoms with Gasteiger partial charge in [0.2, 0.25) is 5.91 Å². The molecule has 1 aliphatic carbocycles. The molecule has 1 saturated carbocycles. The smallest absolute Gasteiger partial charge is 0.261 e. The highest BCUT2D eigenvalue weighted by atomic mass is 79.9. The number of hydrogen-bond acceptors (Lipinski definition) is 6. The molecule has 0 spiro atoms. The molecule has 1 N–H and O–H groups in total. The van der Waals surface area contributed by atoms with Gasteiger partial charge in [-0.2, -0.15) is 4.31 Å². The highest BCUT2D eigenvalue weighted by Crippen LogP contribution is 2.28. The van der Waals surface area contributed by atoms with E-state index < -0.39 is 10.0 Å². The Morgan fingerprint density at radius 2 is 1.86 bits per heavy atom. The number of carbonyl (C=O) groups is 1.